The summed E-state index contributed by atoms with van der Waals surface area (Å²) in [4.78, 5) is 3.33. The van der Waals surface area contributed by atoms with E-state index in [0.29, 0.717) is 11.7 Å². The highest BCUT2D eigenvalue weighted by Gasteiger charge is 2.37. The van der Waals surface area contributed by atoms with Crippen LogP contribution in [0.3, 0.4) is 0 Å². The van der Waals surface area contributed by atoms with Crippen LogP contribution >= 0.6 is 0 Å². The van der Waals surface area contributed by atoms with Gasteiger partial charge < -0.3 is 4.74 Å². The van der Waals surface area contributed by atoms with Gasteiger partial charge in [-0.1, -0.05) is 56.2 Å². The average Bonchev–Trinajstić information content (AvgIpc) is 3.33. The molecule has 1 saturated carbocycles. The van der Waals surface area contributed by atoms with E-state index in [2.05, 4.69) is 38.1 Å². The van der Waals surface area contributed by atoms with Crippen LogP contribution in [-0.4, -0.2) is 5.60 Å². The zero-order valence-corrected chi connectivity index (χ0v) is 18.6. The zero-order chi connectivity index (χ0) is 21.0. The molecule has 1 nitrogen and oxygen atoms in total. The van der Waals surface area contributed by atoms with Gasteiger partial charge in [0.25, 0.3) is 0 Å². The summed E-state index contributed by atoms with van der Waals surface area (Å²) >= 11 is 0. The summed E-state index contributed by atoms with van der Waals surface area (Å²) < 4.78 is 21.6. The molecule has 1 aliphatic rings. The maximum Gasteiger partial charge on any atom is 0.170 e. The van der Waals surface area contributed by atoms with E-state index in [4.69, 9.17) is 4.74 Å². The predicted molar refractivity (Wildman–Crippen MR) is 123 cm³/mol. The van der Waals surface area contributed by atoms with Crippen molar-refractivity contribution in [3.05, 3.63) is 84.7 Å². The van der Waals surface area contributed by atoms with E-state index in [0.717, 1.165) is 11.3 Å². The summed E-state index contributed by atoms with van der Waals surface area (Å²) in [6, 6.07) is 26.2. The van der Waals surface area contributed by atoms with Crippen molar-refractivity contribution in [2.45, 2.75) is 66.2 Å². The van der Waals surface area contributed by atoms with Crippen molar-refractivity contribution in [1.82, 2.24) is 0 Å². The first-order valence-corrected chi connectivity index (χ1v) is 12.2. The van der Waals surface area contributed by atoms with E-state index in [9.17, 15) is 0 Å². The highest BCUT2D eigenvalue weighted by Crippen LogP contribution is 2.40. The molecule has 0 amide bonds. The van der Waals surface area contributed by atoms with Crippen molar-refractivity contribution < 1.29 is 9.13 Å². The summed E-state index contributed by atoms with van der Waals surface area (Å²) in [6.45, 7) is 4.29. The van der Waals surface area contributed by atoms with Crippen molar-refractivity contribution in [2.24, 2.45) is 5.92 Å². The van der Waals surface area contributed by atoms with Crippen molar-refractivity contribution in [3.8, 4) is 5.75 Å². The molecule has 0 radical (unpaired) electrons. The second kappa shape index (κ2) is 9.26. The third-order valence-corrected chi connectivity index (χ3v) is 8.57. The molecule has 1 atom stereocenters. The molecular weight excluding hydrogens is 391 g/mol. The monoisotopic (exact) mass is 421 g/mol. The molecule has 0 heterocycles. The first kappa shape index (κ1) is 21.0. The molecular formula is C27H30FOS+. The van der Waals surface area contributed by atoms with Crippen LogP contribution in [0.25, 0.3) is 0 Å². The van der Waals surface area contributed by atoms with Crippen molar-refractivity contribution in [1.29, 1.82) is 0 Å². The zero-order valence-electron chi connectivity index (χ0n) is 17.8. The molecule has 0 aliphatic heterocycles. The Labute approximate surface area is 182 Å². The lowest BCUT2D eigenvalue weighted by Crippen LogP contribution is -2.39. The Balaban J connectivity index is 1.67. The van der Waals surface area contributed by atoms with Gasteiger partial charge in [0.2, 0.25) is 0 Å². The van der Waals surface area contributed by atoms with Gasteiger partial charge in [-0.15, -0.1) is 0 Å². The highest BCUT2D eigenvalue weighted by molar-refractivity contribution is 7.97. The van der Waals surface area contributed by atoms with Crippen molar-refractivity contribution in [3.63, 3.8) is 0 Å². The number of rotatable bonds is 7. The van der Waals surface area contributed by atoms with Crippen LogP contribution in [-0.2, 0) is 10.9 Å². The standard InChI is InChI=1S/C27H30FOS/c1-3-27(2,21-12-10-11-13-21)29-26-19-18-24(20-25(26)28)30(22-14-6-4-7-15-22)23-16-8-5-9-17-23/h4-9,14-21H,3,10-13H2,1-2H3/q+1. The largest absolute Gasteiger partial charge is 0.484 e. The molecule has 156 valence electrons. The van der Waals surface area contributed by atoms with E-state index in [1.807, 2.05) is 48.5 Å². The quantitative estimate of drug-likeness (QED) is 0.356. The van der Waals surface area contributed by atoms with Crippen LogP contribution in [0.2, 0.25) is 0 Å². The molecule has 3 heteroatoms. The Bertz CT molecular complexity index is 914. The fourth-order valence-electron chi connectivity index (χ4n) is 4.44. The first-order chi connectivity index (χ1) is 14.6. The van der Waals surface area contributed by atoms with E-state index in [1.165, 1.54) is 35.5 Å². The van der Waals surface area contributed by atoms with E-state index in [1.54, 1.807) is 6.07 Å². The number of benzene rings is 3. The average molecular weight is 422 g/mol. The summed E-state index contributed by atoms with van der Waals surface area (Å²) in [5.74, 6) is 0.610. The SMILES string of the molecule is CCC(C)(Oc1ccc([S+](c2ccccc2)c2ccccc2)cc1F)C1CCCC1. The Kier molecular flexibility index (Phi) is 6.48. The molecule has 0 aromatic heterocycles. The van der Waals surface area contributed by atoms with Crippen LogP contribution in [0.5, 0.6) is 5.75 Å². The maximum atomic E-state index is 15.3. The maximum absolute atomic E-state index is 15.3. The van der Waals surface area contributed by atoms with Crippen molar-refractivity contribution in [2.75, 3.05) is 0 Å². The van der Waals surface area contributed by atoms with Gasteiger partial charge in [-0.3, -0.25) is 0 Å². The smallest absolute Gasteiger partial charge is 0.170 e. The van der Waals surface area contributed by atoms with E-state index < -0.39 is 0 Å². The van der Waals surface area contributed by atoms with Gasteiger partial charge in [0, 0.05) is 6.07 Å². The van der Waals surface area contributed by atoms with Gasteiger partial charge >= 0.3 is 0 Å². The molecule has 1 fully saturated rings. The molecule has 1 unspecified atom stereocenters. The van der Waals surface area contributed by atoms with Gasteiger partial charge in [-0.2, -0.15) is 0 Å². The lowest BCUT2D eigenvalue weighted by Gasteiger charge is -2.35. The van der Waals surface area contributed by atoms with Gasteiger partial charge in [-0.25, -0.2) is 4.39 Å². The highest BCUT2D eigenvalue weighted by atomic mass is 32.2. The van der Waals surface area contributed by atoms with Gasteiger partial charge in [-0.05, 0) is 68.5 Å². The second-order valence-corrected chi connectivity index (χ2v) is 10.3. The molecule has 0 N–H and O–H groups in total. The van der Waals surface area contributed by atoms with Crippen LogP contribution < -0.4 is 4.74 Å². The van der Waals surface area contributed by atoms with E-state index in [-0.39, 0.29) is 22.3 Å². The number of hydrogen-bond donors (Lipinski definition) is 0. The summed E-state index contributed by atoms with van der Waals surface area (Å²) in [7, 11) is -0.356. The Hall–Kier alpha value is -2.26. The van der Waals surface area contributed by atoms with E-state index >= 15 is 4.39 Å². The topological polar surface area (TPSA) is 9.23 Å². The van der Waals surface area contributed by atoms with Gasteiger partial charge in [0.1, 0.15) is 5.60 Å². The molecule has 30 heavy (non-hydrogen) atoms. The summed E-state index contributed by atoms with van der Waals surface area (Å²) in [6.07, 6.45) is 5.74. The first-order valence-electron chi connectivity index (χ1n) is 10.9. The molecule has 0 saturated heterocycles. The third kappa shape index (κ3) is 4.41. The third-order valence-electron chi connectivity index (χ3n) is 6.36. The normalized spacial score (nSPS) is 16.5. The minimum atomic E-state index is -0.356. The summed E-state index contributed by atoms with van der Waals surface area (Å²) in [5.41, 5.74) is -0.306. The van der Waals surface area contributed by atoms with Crippen LogP contribution in [0.1, 0.15) is 46.0 Å². The predicted octanol–water partition coefficient (Wildman–Crippen LogP) is 7.66. The van der Waals surface area contributed by atoms with Crippen LogP contribution in [0, 0.1) is 11.7 Å². The minimum Gasteiger partial charge on any atom is -0.484 e. The molecule has 3 aromatic rings. The molecule has 3 aromatic carbocycles. The van der Waals surface area contributed by atoms with Crippen LogP contribution in [0.4, 0.5) is 4.39 Å². The number of hydrogen-bond acceptors (Lipinski definition) is 1. The van der Waals surface area contributed by atoms with Gasteiger partial charge in [0.15, 0.2) is 26.3 Å². The lowest BCUT2D eigenvalue weighted by atomic mass is 9.85. The fourth-order valence-corrected chi connectivity index (χ4v) is 6.55. The van der Waals surface area contributed by atoms with Gasteiger partial charge in [0.05, 0.1) is 10.9 Å². The van der Waals surface area contributed by atoms with Crippen LogP contribution in [0.15, 0.2) is 93.5 Å². The minimum absolute atomic E-state index is 0.269. The second-order valence-electron chi connectivity index (χ2n) is 8.27. The Morgan fingerprint density at radius 2 is 1.43 bits per heavy atom. The Morgan fingerprint density at radius 1 is 0.867 bits per heavy atom. The molecule has 4 rings (SSSR count). The Morgan fingerprint density at radius 3 is 1.93 bits per heavy atom. The molecule has 0 spiro atoms. The number of ether oxygens (including phenoxy) is 1. The van der Waals surface area contributed by atoms with Crippen molar-refractivity contribution >= 4 is 10.9 Å². The summed E-state index contributed by atoms with van der Waals surface area (Å²) in [5, 5.41) is 0. The lowest BCUT2D eigenvalue weighted by molar-refractivity contribution is 0.0205. The molecule has 0 bridgehead atoms. The molecule has 1 aliphatic carbocycles. The fraction of sp³-hybridized carbons (Fsp3) is 0.333. The number of halogens is 1.